The second kappa shape index (κ2) is 9.13. The number of thioether (sulfide) groups is 1. The fourth-order valence-electron chi connectivity index (χ4n) is 4.18. The molecule has 3 N–H and O–H groups in total. The molecule has 5 rings (SSSR count). The second-order valence-corrected chi connectivity index (χ2v) is 8.71. The first kappa shape index (κ1) is 20.7. The molecule has 32 heavy (non-hydrogen) atoms. The zero-order valence-corrected chi connectivity index (χ0v) is 18.6. The van der Waals surface area contributed by atoms with Crippen molar-refractivity contribution >= 4 is 28.5 Å². The average Bonchev–Trinajstić information content (AvgIpc) is 3.44. The van der Waals surface area contributed by atoms with E-state index in [1.807, 2.05) is 49.7 Å². The summed E-state index contributed by atoms with van der Waals surface area (Å²) in [6, 6.07) is 18.4. The van der Waals surface area contributed by atoms with Crippen molar-refractivity contribution in [2.75, 3.05) is 17.7 Å². The molecule has 3 atom stereocenters. The molecule has 0 spiro atoms. The summed E-state index contributed by atoms with van der Waals surface area (Å²) in [7, 11) is 0. The summed E-state index contributed by atoms with van der Waals surface area (Å²) >= 11 is 1.43. The molecular weight excluding hydrogens is 424 g/mol. The number of carbonyl (C=O) groups is 1. The van der Waals surface area contributed by atoms with E-state index in [1.54, 1.807) is 0 Å². The van der Waals surface area contributed by atoms with Crippen LogP contribution in [0.4, 0.5) is 5.69 Å². The Morgan fingerprint density at radius 2 is 2.00 bits per heavy atom. The maximum Gasteiger partial charge on any atom is 0.234 e. The summed E-state index contributed by atoms with van der Waals surface area (Å²) in [5.74, 6) is 1.00. The topological polar surface area (TPSA) is 81.2 Å². The number of fused-ring (bicyclic) bond motifs is 3. The number of rotatable bonds is 6. The number of hydrogen-bond acceptors (Lipinski definition) is 8. The van der Waals surface area contributed by atoms with Crippen LogP contribution in [0.5, 0.6) is 5.75 Å². The summed E-state index contributed by atoms with van der Waals surface area (Å²) < 4.78 is 5.43. The van der Waals surface area contributed by atoms with Crippen LogP contribution in [0.1, 0.15) is 24.9 Å². The smallest absolute Gasteiger partial charge is 0.234 e. The van der Waals surface area contributed by atoms with Crippen molar-refractivity contribution in [3.63, 3.8) is 0 Å². The quantitative estimate of drug-likeness (QED) is 0.624. The van der Waals surface area contributed by atoms with Crippen LogP contribution in [-0.4, -0.2) is 45.6 Å². The molecule has 0 radical (unpaired) electrons. The monoisotopic (exact) mass is 450 g/mol. The number of nitrogens with zero attached hydrogens (tertiary/aromatic N) is 3. The average molecular weight is 451 g/mol. The Morgan fingerprint density at radius 3 is 2.78 bits per heavy atom. The third-order valence-corrected chi connectivity index (χ3v) is 6.65. The van der Waals surface area contributed by atoms with Crippen LogP contribution >= 0.6 is 11.8 Å². The molecular formula is C23H26N6O2S. The Labute approximate surface area is 191 Å². The van der Waals surface area contributed by atoms with Gasteiger partial charge in [-0.15, -0.1) is 0 Å². The molecule has 0 aliphatic carbocycles. The summed E-state index contributed by atoms with van der Waals surface area (Å²) in [5.41, 5.74) is 8.86. The van der Waals surface area contributed by atoms with E-state index in [0.29, 0.717) is 6.61 Å². The largest absolute Gasteiger partial charge is 0.494 e. The molecule has 0 saturated carbocycles. The summed E-state index contributed by atoms with van der Waals surface area (Å²) in [5, 5.41) is 10.4. The molecule has 1 saturated heterocycles. The fourth-order valence-corrected chi connectivity index (χ4v) is 4.95. The van der Waals surface area contributed by atoms with Gasteiger partial charge in [0.2, 0.25) is 5.91 Å². The molecule has 1 amide bonds. The molecule has 0 bridgehead atoms. The van der Waals surface area contributed by atoms with Crippen LogP contribution in [0.3, 0.4) is 0 Å². The molecule has 1 fully saturated rings. The van der Waals surface area contributed by atoms with Gasteiger partial charge in [0.05, 0.1) is 24.4 Å². The van der Waals surface area contributed by atoms with E-state index in [9.17, 15) is 4.79 Å². The molecule has 166 valence electrons. The van der Waals surface area contributed by atoms with E-state index in [1.165, 1.54) is 17.3 Å². The molecule has 3 aliphatic rings. The van der Waals surface area contributed by atoms with Crippen LogP contribution in [0.2, 0.25) is 0 Å². The fraction of sp³-hybridized carbons (Fsp3) is 0.304. The Morgan fingerprint density at radius 1 is 1.19 bits per heavy atom. The van der Waals surface area contributed by atoms with Gasteiger partial charge in [-0.3, -0.25) is 10.2 Å². The molecule has 2 aromatic rings. The van der Waals surface area contributed by atoms with Crippen molar-refractivity contribution in [2.24, 2.45) is 5.10 Å². The molecule has 0 aromatic heterocycles. The lowest BCUT2D eigenvalue weighted by molar-refractivity contribution is -0.113. The van der Waals surface area contributed by atoms with Crippen LogP contribution in [0, 0.1) is 0 Å². The number of hydrazone groups is 1. The second-order valence-electron chi connectivity index (χ2n) is 7.77. The number of carbonyl (C=O) groups excluding carboxylic acids is 1. The highest BCUT2D eigenvalue weighted by atomic mass is 32.2. The Balaban J connectivity index is 1.15. The number of hydrogen-bond donors (Lipinski definition) is 3. The number of anilines is 1. The van der Waals surface area contributed by atoms with Crippen molar-refractivity contribution in [1.29, 1.82) is 0 Å². The predicted molar refractivity (Wildman–Crippen MR) is 127 cm³/mol. The van der Waals surface area contributed by atoms with Crippen LogP contribution in [0.15, 0.2) is 72.1 Å². The van der Waals surface area contributed by atoms with Crippen molar-refractivity contribution < 1.29 is 9.53 Å². The zero-order chi connectivity index (χ0) is 21.9. The molecule has 3 aliphatic heterocycles. The lowest BCUT2D eigenvalue weighted by Crippen LogP contribution is -2.54. The first-order valence-electron chi connectivity index (χ1n) is 10.8. The van der Waals surface area contributed by atoms with Gasteiger partial charge in [-0.05, 0) is 43.2 Å². The van der Waals surface area contributed by atoms with Crippen molar-refractivity contribution in [3.05, 3.63) is 72.6 Å². The third-order valence-electron chi connectivity index (χ3n) is 5.69. The van der Waals surface area contributed by atoms with E-state index in [2.05, 4.69) is 55.4 Å². The summed E-state index contributed by atoms with van der Waals surface area (Å²) in [4.78, 5) is 14.5. The number of nitrogens with one attached hydrogen (secondary N) is 3. The Bertz CT molecular complexity index is 1010. The van der Waals surface area contributed by atoms with Gasteiger partial charge in [0.15, 0.2) is 5.17 Å². The highest BCUT2D eigenvalue weighted by Crippen LogP contribution is 2.35. The Hall–Kier alpha value is -3.17. The van der Waals surface area contributed by atoms with Crippen molar-refractivity contribution in [2.45, 2.75) is 31.6 Å². The van der Waals surface area contributed by atoms with E-state index >= 15 is 0 Å². The van der Waals surface area contributed by atoms with Crippen LogP contribution in [0.25, 0.3) is 0 Å². The van der Waals surface area contributed by atoms with Crippen molar-refractivity contribution in [1.82, 2.24) is 20.8 Å². The SMILES string of the molecule is CCOc1ccc(NC(=O)CSC2=NNC3C4CC(c5ccccc5)NN4C=CN23)cc1. The van der Waals surface area contributed by atoms with Gasteiger partial charge in [0, 0.05) is 18.1 Å². The van der Waals surface area contributed by atoms with Gasteiger partial charge in [-0.2, -0.15) is 5.10 Å². The maximum absolute atomic E-state index is 12.4. The van der Waals surface area contributed by atoms with E-state index in [-0.39, 0.29) is 29.9 Å². The van der Waals surface area contributed by atoms with Gasteiger partial charge in [0.1, 0.15) is 11.9 Å². The van der Waals surface area contributed by atoms with Crippen LogP contribution < -0.4 is 20.9 Å². The minimum absolute atomic E-state index is 0.0397. The molecule has 3 heterocycles. The van der Waals surface area contributed by atoms with E-state index in [0.717, 1.165) is 23.0 Å². The van der Waals surface area contributed by atoms with Crippen molar-refractivity contribution in [3.8, 4) is 5.75 Å². The van der Waals surface area contributed by atoms with Crippen LogP contribution in [-0.2, 0) is 4.79 Å². The standard InChI is InChI=1S/C23H26N6O2S/c1-2-31-18-10-8-17(9-11-18)24-21(30)15-32-23-26-25-22-20-14-19(16-6-4-3-5-7-16)27-29(20)13-12-28(22)23/h3-13,19-20,22,25,27H,2,14-15H2,1H3,(H,24,30). The normalized spacial score (nSPS) is 23.3. The summed E-state index contributed by atoms with van der Waals surface area (Å²) in [6.07, 6.45) is 5.07. The first-order valence-corrected chi connectivity index (χ1v) is 11.7. The van der Waals surface area contributed by atoms with E-state index < -0.39 is 0 Å². The van der Waals surface area contributed by atoms with E-state index in [4.69, 9.17) is 4.74 Å². The number of benzene rings is 2. The lowest BCUT2D eigenvalue weighted by atomic mass is 10.00. The maximum atomic E-state index is 12.4. The molecule has 2 aromatic carbocycles. The minimum atomic E-state index is -0.0698. The van der Waals surface area contributed by atoms with Gasteiger partial charge < -0.3 is 20.0 Å². The number of amidine groups is 1. The lowest BCUT2D eigenvalue weighted by Gasteiger charge is -2.36. The van der Waals surface area contributed by atoms with Gasteiger partial charge >= 0.3 is 0 Å². The van der Waals surface area contributed by atoms with Gasteiger partial charge in [-0.1, -0.05) is 42.1 Å². The first-order chi connectivity index (χ1) is 15.7. The zero-order valence-electron chi connectivity index (χ0n) is 17.8. The highest BCUT2D eigenvalue weighted by molar-refractivity contribution is 8.14. The number of hydrazine groups is 1. The van der Waals surface area contributed by atoms with Gasteiger partial charge in [0.25, 0.3) is 0 Å². The summed E-state index contributed by atoms with van der Waals surface area (Å²) in [6.45, 7) is 2.56. The predicted octanol–water partition coefficient (Wildman–Crippen LogP) is 3.06. The third kappa shape index (κ3) is 4.26. The molecule has 8 nitrogen and oxygen atoms in total. The Kier molecular flexibility index (Phi) is 5.91. The van der Waals surface area contributed by atoms with Gasteiger partial charge in [-0.25, -0.2) is 5.43 Å². The number of amides is 1. The minimum Gasteiger partial charge on any atom is -0.494 e. The number of ether oxygens (including phenoxy) is 1. The molecule has 9 heteroatoms. The molecule has 3 unspecified atom stereocenters. The highest BCUT2D eigenvalue weighted by Gasteiger charge is 2.44.